The van der Waals surface area contributed by atoms with Crippen LogP contribution in [-0.4, -0.2) is 22.2 Å². The Bertz CT molecular complexity index is 667. The molecular formula is C14H9BrO4S. The van der Waals surface area contributed by atoms with Gasteiger partial charge in [-0.05, 0) is 42.5 Å². The van der Waals surface area contributed by atoms with Gasteiger partial charge in [-0.1, -0.05) is 27.7 Å². The molecule has 0 aliphatic carbocycles. The lowest BCUT2D eigenvalue weighted by molar-refractivity contribution is 0.0651. The van der Waals surface area contributed by atoms with Crippen LogP contribution in [0, 0.1) is 0 Å². The quantitative estimate of drug-likeness (QED) is 0.869. The van der Waals surface area contributed by atoms with Crippen molar-refractivity contribution in [1.82, 2.24) is 0 Å². The lowest BCUT2D eigenvalue weighted by atomic mass is 10.1. The van der Waals surface area contributed by atoms with E-state index in [0.717, 1.165) is 9.37 Å². The maximum absolute atomic E-state index is 11.1. The summed E-state index contributed by atoms with van der Waals surface area (Å²) in [5.41, 5.74) is -0.419. The number of carboxylic acid groups (broad SMARTS) is 2. The van der Waals surface area contributed by atoms with Gasteiger partial charge >= 0.3 is 11.9 Å². The molecule has 6 heteroatoms. The van der Waals surface area contributed by atoms with Gasteiger partial charge in [0.15, 0.2) is 0 Å². The first-order valence-electron chi connectivity index (χ1n) is 5.51. The van der Waals surface area contributed by atoms with E-state index in [2.05, 4.69) is 15.9 Å². The number of hydrogen-bond acceptors (Lipinski definition) is 3. The van der Waals surface area contributed by atoms with Crippen molar-refractivity contribution in [3.05, 3.63) is 58.1 Å². The van der Waals surface area contributed by atoms with E-state index in [1.807, 2.05) is 24.3 Å². The Kier molecular flexibility index (Phi) is 4.46. The van der Waals surface area contributed by atoms with E-state index in [1.54, 1.807) is 6.07 Å². The van der Waals surface area contributed by atoms with E-state index < -0.39 is 11.9 Å². The van der Waals surface area contributed by atoms with E-state index in [1.165, 1.54) is 23.9 Å². The van der Waals surface area contributed by atoms with Crippen LogP contribution in [0.25, 0.3) is 0 Å². The lowest BCUT2D eigenvalue weighted by Gasteiger charge is -2.06. The van der Waals surface area contributed by atoms with Gasteiger partial charge in [0.1, 0.15) is 0 Å². The Balaban J connectivity index is 2.34. The molecule has 0 unspecified atom stereocenters. The molecule has 2 aromatic rings. The minimum atomic E-state index is -1.25. The molecule has 2 aromatic carbocycles. The molecule has 0 saturated carbocycles. The smallest absolute Gasteiger partial charge is 0.336 e. The Morgan fingerprint density at radius 3 is 1.95 bits per heavy atom. The summed E-state index contributed by atoms with van der Waals surface area (Å²) in [6.07, 6.45) is 0. The molecular weight excluding hydrogens is 344 g/mol. The maximum atomic E-state index is 11.1. The first kappa shape index (κ1) is 14.6. The molecule has 0 aliphatic heterocycles. The predicted octanol–water partition coefficient (Wildman–Crippen LogP) is 4.00. The van der Waals surface area contributed by atoms with Gasteiger partial charge in [-0.25, -0.2) is 9.59 Å². The van der Waals surface area contributed by atoms with E-state index in [9.17, 15) is 9.59 Å². The Labute approximate surface area is 127 Å². The van der Waals surface area contributed by atoms with Gasteiger partial charge in [0.25, 0.3) is 0 Å². The predicted molar refractivity (Wildman–Crippen MR) is 78.6 cm³/mol. The van der Waals surface area contributed by atoms with Crippen molar-refractivity contribution in [3.8, 4) is 0 Å². The average Bonchev–Trinajstić information content (AvgIpc) is 2.41. The SMILES string of the molecule is O=C(O)c1ccc(Sc2ccc(Br)cc2)cc1C(=O)O. The van der Waals surface area contributed by atoms with Crippen molar-refractivity contribution in [2.75, 3.05) is 0 Å². The minimum Gasteiger partial charge on any atom is -0.478 e. The fourth-order valence-electron chi connectivity index (χ4n) is 1.59. The second-order valence-corrected chi connectivity index (χ2v) is 5.94. The molecule has 20 heavy (non-hydrogen) atoms. The zero-order valence-electron chi connectivity index (χ0n) is 10.0. The molecule has 0 radical (unpaired) electrons. The molecule has 2 N–H and O–H groups in total. The van der Waals surface area contributed by atoms with Crippen molar-refractivity contribution in [3.63, 3.8) is 0 Å². The molecule has 0 aromatic heterocycles. The molecule has 0 amide bonds. The number of carboxylic acids is 2. The summed E-state index contributed by atoms with van der Waals surface area (Å²) in [6, 6.07) is 11.8. The van der Waals surface area contributed by atoms with Crippen LogP contribution >= 0.6 is 27.7 Å². The van der Waals surface area contributed by atoms with E-state index >= 15 is 0 Å². The van der Waals surface area contributed by atoms with Gasteiger partial charge in [-0.15, -0.1) is 0 Å². The van der Waals surface area contributed by atoms with E-state index in [4.69, 9.17) is 10.2 Å². The number of carbonyl (C=O) groups is 2. The zero-order chi connectivity index (χ0) is 14.7. The normalized spacial score (nSPS) is 10.2. The molecule has 0 atom stereocenters. The molecule has 4 nitrogen and oxygen atoms in total. The molecule has 0 spiro atoms. The first-order valence-corrected chi connectivity index (χ1v) is 7.12. The molecule has 0 bridgehead atoms. The number of benzene rings is 2. The summed E-state index contributed by atoms with van der Waals surface area (Å²) < 4.78 is 0.953. The van der Waals surface area contributed by atoms with E-state index in [-0.39, 0.29) is 11.1 Å². The second kappa shape index (κ2) is 6.11. The van der Waals surface area contributed by atoms with Crippen molar-refractivity contribution in [2.24, 2.45) is 0 Å². The average molecular weight is 353 g/mol. The Morgan fingerprint density at radius 2 is 1.40 bits per heavy atom. The summed E-state index contributed by atoms with van der Waals surface area (Å²) in [6.45, 7) is 0. The highest BCUT2D eigenvalue weighted by Crippen LogP contribution is 2.30. The third kappa shape index (κ3) is 3.40. The second-order valence-electron chi connectivity index (χ2n) is 3.87. The maximum Gasteiger partial charge on any atom is 0.336 e. The Hall–Kier alpha value is -1.79. The summed E-state index contributed by atoms with van der Waals surface area (Å²) in [5.74, 6) is -2.50. The fraction of sp³-hybridized carbons (Fsp3) is 0. The van der Waals surface area contributed by atoms with Crippen LogP contribution < -0.4 is 0 Å². The third-order valence-electron chi connectivity index (χ3n) is 2.50. The number of halogens is 1. The van der Waals surface area contributed by atoms with Crippen LogP contribution in [0.1, 0.15) is 20.7 Å². The summed E-state index contributed by atoms with van der Waals surface area (Å²) in [4.78, 5) is 23.7. The van der Waals surface area contributed by atoms with Crippen LogP contribution in [0.5, 0.6) is 0 Å². The summed E-state index contributed by atoms with van der Waals surface area (Å²) in [5, 5.41) is 18.0. The van der Waals surface area contributed by atoms with Crippen LogP contribution in [0.15, 0.2) is 56.7 Å². The number of rotatable bonds is 4. The van der Waals surface area contributed by atoms with Crippen LogP contribution in [-0.2, 0) is 0 Å². The van der Waals surface area contributed by atoms with Gasteiger partial charge < -0.3 is 10.2 Å². The topological polar surface area (TPSA) is 74.6 Å². The molecule has 0 saturated heterocycles. The first-order chi connectivity index (χ1) is 9.47. The number of aromatic carboxylic acids is 2. The molecule has 0 heterocycles. The molecule has 0 aliphatic rings. The third-order valence-corrected chi connectivity index (χ3v) is 4.03. The standard InChI is InChI=1S/C14H9BrO4S/c15-8-1-3-9(4-2-8)20-10-5-6-11(13(16)17)12(7-10)14(18)19/h1-7H,(H,16,17)(H,18,19). The number of hydrogen-bond donors (Lipinski definition) is 2. The van der Waals surface area contributed by atoms with Crippen molar-refractivity contribution >= 4 is 39.6 Å². The van der Waals surface area contributed by atoms with Crippen molar-refractivity contribution in [1.29, 1.82) is 0 Å². The van der Waals surface area contributed by atoms with Gasteiger partial charge in [0.2, 0.25) is 0 Å². The summed E-state index contributed by atoms with van der Waals surface area (Å²) >= 11 is 4.71. The highest BCUT2D eigenvalue weighted by atomic mass is 79.9. The minimum absolute atomic E-state index is 0.209. The summed E-state index contributed by atoms with van der Waals surface area (Å²) in [7, 11) is 0. The van der Waals surface area contributed by atoms with Crippen molar-refractivity contribution < 1.29 is 19.8 Å². The highest BCUT2D eigenvalue weighted by molar-refractivity contribution is 9.10. The monoisotopic (exact) mass is 352 g/mol. The van der Waals surface area contributed by atoms with Gasteiger partial charge in [-0.2, -0.15) is 0 Å². The van der Waals surface area contributed by atoms with Crippen LogP contribution in [0.4, 0.5) is 0 Å². The molecule has 102 valence electrons. The zero-order valence-corrected chi connectivity index (χ0v) is 12.4. The molecule has 2 rings (SSSR count). The largest absolute Gasteiger partial charge is 0.478 e. The lowest BCUT2D eigenvalue weighted by Crippen LogP contribution is -2.07. The fourth-order valence-corrected chi connectivity index (χ4v) is 2.71. The van der Waals surface area contributed by atoms with Gasteiger partial charge in [0.05, 0.1) is 11.1 Å². The van der Waals surface area contributed by atoms with Gasteiger partial charge in [-0.3, -0.25) is 0 Å². The van der Waals surface area contributed by atoms with Crippen molar-refractivity contribution in [2.45, 2.75) is 9.79 Å². The molecule has 0 fully saturated rings. The van der Waals surface area contributed by atoms with Crippen LogP contribution in [0.2, 0.25) is 0 Å². The van der Waals surface area contributed by atoms with E-state index in [0.29, 0.717) is 4.90 Å². The Morgan fingerprint density at radius 1 is 0.850 bits per heavy atom. The van der Waals surface area contributed by atoms with Gasteiger partial charge in [0, 0.05) is 14.3 Å². The van der Waals surface area contributed by atoms with Crippen LogP contribution in [0.3, 0.4) is 0 Å². The highest BCUT2D eigenvalue weighted by Gasteiger charge is 2.16.